The molecule has 0 saturated heterocycles. The van der Waals surface area contributed by atoms with Crippen molar-refractivity contribution in [1.29, 1.82) is 0 Å². The van der Waals surface area contributed by atoms with Crippen LogP contribution in [0.15, 0.2) is 0 Å². The smallest absolute Gasteiger partial charge is 0.264 e. The van der Waals surface area contributed by atoms with Gasteiger partial charge in [-0.05, 0) is 29.6 Å². The van der Waals surface area contributed by atoms with E-state index in [0.717, 1.165) is 12.8 Å². The van der Waals surface area contributed by atoms with Gasteiger partial charge in [-0.15, -0.1) is 0 Å². The Kier molecular flexibility index (Phi) is 3.20. The first-order valence-electron chi connectivity index (χ1n) is 5.18. The zero-order chi connectivity index (χ0) is 11.9. The first-order valence-corrected chi connectivity index (χ1v) is 6.55. The molecule has 1 rings (SSSR count). The maximum absolute atomic E-state index is 10.5. The van der Waals surface area contributed by atoms with E-state index in [1.807, 2.05) is 0 Å². The van der Waals surface area contributed by atoms with Gasteiger partial charge in [0.2, 0.25) is 0 Å². The molecule has 1 aliphatic carbocycles. The van der Waals surface area contributed by atoms with Crippen LogP contribution < -0.4 is 0 Å². The molecule has 1 saturated carbocycles. The lowest BCUT2D eigenvalue weighted by molar-refractivity contribution is 0.0740. The van der Waals surface area contributed by atoms with E-state index in [1.165, 1.54) is 0 Å². The summed E-state index contributed by atoms with van der Waals surface area (Å²) in [6.45, 7) is 8.69. The Morgan fingerprint density at radius 1 is 1.33 bits per heavy atom. The summed E-state index contributed by atoms with van der Waals surface area (Å²) < 4.78 is 34.0. The zero-order valence-electron chi connectivity index (χ0n) is 9.78. The van der Waals surface area contributed by atoms with Crippen LogP contribution in [0.3, 0.4) is 0 Å². The molecule has 0 radical (unpaired) electrons. The highest BCUT2D eigenvalue weighted by Crippen LogP contribution is 2.55. The van der Waals surface area contributed by atoms with Crippen LogP contribution >= 0.6 is 0 Å². The summed E-state index contributed by atoms with van der Waals surface area (Å²) in [5, 5.41) is 0. The molecule has 1 aliphatic rings. The molecular weight excluding hydrogens is 216 g/mol. The van der Waals surface area contributed by atoms with Crippen LogP contribution in [0.5, 0.6) is 0 Å². The van der Waals surface area contributed by atoms with Crippen LogP contribution in [0.25, 0.3) is 0 Å². The van der Waals surface area contributed by atoms with Gasteiger partial charge in [0.15, 0.2) is 0 Å². The number of hydrogen-bond acceptors (Lipinski definition) is 3. The standard InChI is InChI=1S/C10H20O4S/c1-9(2)6-5-8(10(9,3)4)7-14-15(11,12)13/h8H,5-7H2,1-4H3,(H,11,12,13). The van der Waals surface area contributed by atoms with Crippen molar-refractivity contribution in [2.45, 2.75) is 40.5 Å². The topological polar surface area (TPSA) is 63.6 Å². The predicted molar refractivity (Wildman–Crippen MR) is 57.8 cm³/mol. The Labute approximate surface area is 92.0 Å². The van der Waals surface area contributed by atoms with Gasteiger partial charge in [0.25, 0.3) is 0 Å². The van der Waals surface area contributed by atoms with Crippen molar-refractivity contribution in [3.63, 3.8) is 0 Å². The van der Waals surface area contributed by atoms with Crippen LogP contribution in [0.2, 0.25) is 0 Å². The maximum atomic E-state index is 10.5. The van der Waals surface area contributed by atoms with E-state index in [4.69, 9.17) is 4.55 Å². The van der Waals surface area contributed by atoms with E-state index in [2.05, 4.69) is 31.9 Å². The van der Waals surface area contributed by atoms with Gasteiger partial charge in [0, 0.05) is 0 Å². The Bertz CT molecular complexity index is 329. The van der Waals surface area contributed by atoms with Gasteiger partial charge in [-0.1, -0.05) is 27.7 Å². The van der Waals surface area contributed by atoms with E-state index in [-0.39, 0.29) is 23.4 Å². The van der Waals surface area contributed by atoms with Gasteiger partial charge in [0.05, 0.1) is 6.61 Å². The number of rotatable bonds is 3. The lowest BCUT2D eigenvalue weighted by Crippen LogP contribution is -2.34. The van der Waals surface area contributed by atoms with Crippen molar-refractivity contribution in [2.24, 2.45) is 16.7 Å². The summed E-state index contributed by atoms with van der Waals surface area (Å²) in [7, 11) is -4.30. The molecule has 0 spiro atoms. The minimum atomic E-state index is -4.30. The van der Waals surface area contributed by atoms with Crippen molar-refractivity contribution in [1.82, 2.24) is 0 Å². The maximum Gasteiger partial charge on any atom is 0.397 e. The highest BCUT2D eigenvalue weighted by atomic mass is 32.3. The van der Waals surface area contributed by atoms with Crippen LogP contribution in [0, 0.1) is 16.7 Å². The first-order chi connectivity index (χ1) is 6.56. The molecule has 5 heteroatoms. The third kappa shape index (κ3) is 2.71. The van der Waals surface area contributed by atoms with Crippen LogP contribution in [0.4, 0.5) is 0 Å². The molecule has 0 aliphatic heterocycles. The predicted octanol–water partition coefficient (Wildman–Crippen LogP) is 2.27. The molecule has 1 fully saturated rings. The number of hydrogen-bond donors (Lipinski definition) is 1. The second-order valence-corrected chi connectivity index (χ2v) is 6.64. The fourth-order valence-electron chi connectivity index (χ4n) is 2.23. The molecule has 0 aromatic rings. The van der Waals surface area contributed by atoms with E-state index >= 15 is 0 Å². The quantitative estimate of drug-likeness (QED) is 0.763. The molecular formula is C10H20O4S. The first kappa shape index (κ1) is 12.9. The Balaban J connectivity index is 2.67. The van der Waals surface area contributed by atoms with Gasteiger partial charge in [0.1, 0.15) is 0 Å². The van der Waals surface area contributed by atoms with Crippen LogP contribution in [-0.4, -0.2) is 19.6 Å². The Morgan fingerprint density at radius 3 is 2.20 bits per heavy atom. The summed E-state index contributed by atoms with van der Waals surface area (Å²) in [5.41, 5.74) is 0.206. The lowest BCUT2D eigenvalue weighted by Gasteiger charge is -2.38. The highest BCUT2D eigenvalue weighted by molar-refractivity contribution is 7.80. The summed E-state index contributed by atoms with van der Waals surface area (Å²) in [4.78, 5) is 0. The average molecular weight is 236 g/mol. The minimum absolute atomic E-state index is 0.0255. The fraction of sp³-hybridized carbons (Fsp3) is 1.00. The van der Waals surface area contributed by atoms with Crippen molar-refractivity contribution in [2.75, 3.05) is 6.61 Å². The molecule has 1 atom stereocenters. The van der Waals surface area contributed by atoms with Crippen LogP contribution in [0.1, 0.15) is 40.5 Å². The second kappa shape index (κ2) is 3.71. The SMILES string of the molecule is CC1(C)CCC(COS(=O)(=O)O)C1(C)C. The van der Waals surface area contributed by atoms with Gasteiger partial charge < -0.3 is 0 Å². The van der Waals surface area contributed by atoms with Crippen molar-refractivity contribution >= 4 is 10.4 Å². The minimum Gasteiger partial charge on any atom is -0.264 e. The largest absolute Gasteiger partial charge is 0.397 e. The molecule has 0 amide bonds. The second-order valence-electron chi connectivity index (χ2n) is 5.55. The van der Waals surface area contributed by atoms with Gasteiger partial charge in [-0.2, -0.15) is 8.42 Å². The van der Waals surface area contributed by atoms with Gasteiger partial charge in [-0.3, -0.25) is 4.55 Å². The van der Waals surface area contributed by atoms with E-state index in [1.54, 1.807) is 0 Å². The van der Waals surface area contributed by atoms with Gasteiger partial charge in [-0.25, -0.2) is 4.18 Å². The summed E-state index contributed by atoms with van der Waals surface area (Å²) >= 11 is 0. The Morgan fingerprint density at radius 2 is 1.87 bits per heavy atom. The molecule has 0 bridgehead atoms. The van der Waals surface area contributed by atoms with Crippen molar-refractivity contribution in [3.8, 4) is 0 Å². The third-order valence-corrected chi connectivity index (χ3v) is 4.73. The van der Waals surface area contributed by atoms with E-state index in [9.17, 15) is 8.42 Å². The molecule has 0 aromatic carbocycles. The fourth-order valence-corrected chi connectivity index (χ4v) is 2.57. The highest BCUT2D eigenvalue weighted by Gasteiger charge is 2.48. The van der Waals surface area contributed by atoms with Crippen LogP contribution in [-0.2, 0) is 14.6 Å². The molecule has 0 heterocycles. The molecule has 90 valence electrons. The average Bonchev–Trinajstić information content (AvgIpc) is 2.19. The van der Waals surface area contributed by atoms with Crippen molar-refractivity contribution < 1.29 is 17.2 Å². The molecule has 1 unspecified atom stereocenters. The van der Waals surface area contributed by atoms with E-state index in [0.29, 0.717) is 0 Å². The molecule has 15 heavy (non-hydrogen) atoms. The summed E-state index contributed by atoms with van der Waals surface area (Å²) in [6, 6.07) is 0. The summed E-state index contributed by atoms with van der Waals surface area (Å²) in [5.74, 6) is 0.175. The van der Waals surface area contributed by atoms with Gasteiger partial charge >= 0.3 is 10.4 Å². The zero-order valence-corrected chi connectivity index (χ0v) is 10.6. The Hall–Kier alpha value is -0.130. The van der Waals surface area contributed by atoms with E-state index < -0.39 is 10.4 Å². The monoisotopic (exact) mass is 236 g/mol. The normalized spacial score (nSPS) is 29.3. The lowest BCUT2D eigenvalue weighted by atomic mass is 9.67. The molecule has 0 aromatic heterocycles. The summed E-state index contributed by atoms with van der Waals surface area (Å²) in [6.07, 6.45) is 2.00. The third-order valence-electron chi connectivity index (χ3n) is 4.30. The molecule has 4 nitrogen and oxygen atoms in total. The molecule has 1 N–H and O–H groups in total. The van der Waals surface area contributed by atoms with Crippen molar-refractivity contribution in [3.05, 3.63) is 0 Å².